The van der Waals surface area contributed by atoms with Gasteiger partial charge in [-0.1, -0.05) is 12.1 Å². The van der Waals surface area contributed by atoms with Crippen LogP contribution in [0.5, 0.6) is 5.75 Å². The normalized spacial score (nSPS) is 12.2. The van der Waals surface area contributed by atoms with Crippen molar-refractivity contribution in [1.29, 1.82) is 0 Å². The number of aryl methyl sites for hydroxylation is 1. The minimum atomic E-state index is -0.833. The van der Waals surface area contributed by atoms with E-state index in [2.05, 4.69) is 0 Å². The number of rotatable bonds is 6. The maximum absolute atomic E-state index is 10.8. The molecule has 0 radical (unpaired) electrons. The maximum atomic E-state index is 10.8. The molecule has 1 aromatic carbocycles. The number of aliphatic hydroxyl groups is 2. The van der Waals surface area contributed by atoms with Crippen molar-refractivity contribution >= 4 is 5.69 Å². The van der Waals surface area contributed by atoms with Crippen molar-refractivity contribution in [3.05, 3.63) is 33.9 Å². The summed E-state index contributed by atoms with van der Waals surface area (Å²) in [7, 11) is 0. The van der Waals surface area contributed by atoms with Gasteiger partial charge in [-0.2, -0.15) is 0 Å². The number of ether oxygens (including phenoxy) is 1. The van der Waals surface area contributed by atoms with Gasteiger partial charge in [0.15, 0.2) is 5.75 Å². The molecular formula is C11H15NO5. The fraction of sp³-hybridized carbons (Fsp3) is 0.455. The fourth-order valence-corrected chi connectivity index (χ4v) is 1.40. The van der Waals surface area contributed by atoms with E-state index in [9.17, 15) is 15.2 Å². The van der Waals surface area contributed by atoms with Gasteiger partial charge in [-0.3, -0.25) is 10.1 Å². The van der Waals surface area contributed by atoms with Gasteiger partial charge in [0.25, 0.3) is 0 Å². The SMILES string of the molecule is Cc1cccc(OCC(O)CCO)c1[N+](=O)[O-]. The van der Waals surface area contributed by atoms with E-state index >= 15 is 0 Å². The quantitative estimate of drug-likeness (QED) is 0.573. The molecule has 1 rings (SSSR count). The van der Waals surface area contributed by atoms with E-state index in [-0.39, 0.29) is 31.1 Å². The zero-order chi connectivity index (χ0) is 12.8. The van der Waals surface area contributed by atoms with Crippen LogP contribution in [-0.4, -0.2) is 34.5 Å². The molecule has 6 heteroatoms. The third kappa shape index (κ3) is 3.69. The standard InChI is InChI=1S/C11H15NO5/c1-8-3-2-4-10(11(8)12(15)16)17-7-9(14)5-6-13/h2-4,9,13-14H,5-7H2,1H3. The van der Waals surface area contributed by atoms with E-state index < -0.39 is 11.0 Å². The van der Waals surface area contributed by atoms with E-state index in [4.69, 9.17) is 9.84 Å². The van der Waals surface area contributed by atoms with Crippen LogP contribution >= 0.6 is 0 Å². The van der Waals surface area contributed by atoms with Crippen molar-refractivity contribution in [2.45, 2.75) is 19.4 Å². The summed E-state index contributed by atoms with van der Waals surface area (Å²) >= 11 is 0. The van der Waals surface area contributed by atoms with Gasteiger partial charge < -0.3 is 14.9 Å². The average molecular weight is 241 g/mol. The lowest BCUT2D eigenvalue weighted by atomic mass is 10.2. The number of hydrogen-bond donors (Lipinski definition) is 2. The van der Waals surface area contributed by atoms with E-state index in [1.165, 1.54) is 6.07 Å². The zero-order valence-corrected chi connectivity index (χ0v) is 9.50. The van der Waals surface area contributed by atoms with Crippen LogP contribution in [0.25, 0.3) is 0 Å². The molecule has 0 aromatic heterocycles. The zero-order valence-electron chi connectivity index (χ0n) is 9.50. The Hall–Kier alpha value is -1.66. The highest BCUT2D eigenvalue weighted by Gasteiger charge is 2.18. The van der Waals surface area contributed by atoms with Crippen molar-refractivity contribution in [1.82, 2.24) is 0 Å². The van der Waals surface area contributed by atoms with Crippen molar-refractivity contribution < 1.29 is 19.9 Å². The number of nitrogens with zero attached hydrogens (tertiary/aromatic N) is 1. The van der Waals surface area contributed by atoms with Gasteiger partial charge in [-0.05, 0) is 19.4 Å². The van der Waals surface area contributed by atoms with Crippen LogP contribution in [-0.2, 0) is 0 Å². The molecule has 6 nitrogen and oxygen atoms in total. The van der Waals surface area contributed by atoms with Crippen molar-refractivity contribution in [3.63, 3.8) is 0 Å². The Balaban J connectivity index is 2.77. The molecule has 0 amide bonds. The first-order valence-electron chi connectivity index (χ1n) is 5.22. The Kier molecular flexibility index (Phi) is 4.86. The molecule has 94 valence electrons. The third-order valence-corrected chi connectivity index (χ3v) is 2.28. The van der Waals surface area contributed by atoms with Gasteiger partial charge in [-0.25, -0.2) is 0 Å². The molecule has 0 heterocycles. The Morgan fingerprint density at radius 1 is 1.53 bits per heavy atom. The summed E-state index contributed by atoms with van der Waals surface area (Å²) < 4.78 is 5.19. The van der Waals surface area contributed by atoms with Gasteiger partial charge >= 0.3 is 5.69 Å². The lowest BCUT2D eigenvalue weighted by molar-refractivity contribution is -0.386. The molecule has 0 aliphatic rings. The van der Waals surface area contributed by atoms with Gasteiger partial charge in [0.1, 0.15) is 6.61 Å². The van der Waals surface area contributed by atoms with Crippen molar-refractivity contribution in [2.24, 2.45) is 0 Å². The molecule has 0 saturated heterocycles. The lowest BCUT2D eigenvalue weighted by Gasteiger charge is -2.11. The fourth-order valence-electron chi connectivity index (χ4n) is 1.40. The molecule has 2 N–H and O–H groups in total. The molecule has 1 unspecified atom stereocenters. The van der Waals surface area contributed by atoms with Crippen LogP contribution in [0.4, 0.5) is 5.69 Å². The van der Waals surface area contributed by atoms with E-state index in [1.807, 2.05) is 0 Å². The minimum absolute atomic E-state index is 0.0785. The second-order valence-electron chi connectivity index (χ2n) is 3.66. The predicted octanol–water partition coefficient (Wildman–Crippen LogP) is 1.03. The smallest absolute Gasteiger partial charge is 0.313 e. The van der Waals surface area contributed by atoms with Crippen LogP contribution in [0.1, 0.15) is 12.0 Å². The molecule has 0 bridgehead atoms. The predicted molar refractivity (Wildman–Crippen MR) is 61.0 cm³/mol. The second-order valence-corrected chi connectivity index (χ2v) is 3.66. The summed E-state index contributed by atoms with van der Waals surface area (Å²) in [6.07, 6.45) is -0.653. The van der Waals surface area contributed by atoms with Crippen LogP contribution in [0.2, 0.25) is 0 Å². The number of nitro benzene ring substituents is 1. The molecular weight excluding hydrogens is 226 g/mol. The Morgan fingerprint density at radius 3 is 2.82 bits per heavy atom. The Labute approximate surface area is 98.6 Å². The highest BCUT2D eigenvalue weighted by atomic mass is 16.6. The number of benzene rings is 1. The van der Waals surface area contributed by atoms with Gasteiger partial charge in [-0.15, -0.1) is 0 Å². The molecule has 0 aliphatic carbocycles. The summed E-state index contributed by atoms with van der Waals surface area (Å²) in [5.74, 6) is 0.131. The summed E-state index contributed by atoms with van der Waals surface area (Å²) in [4.78, 5) is 10.3. The van der Waals surface area contributed by atoms with Crippen LogP contribution < -0.4 is 4.74 Å². The first-order chi connectivity index (χ1) is 8.06. The molecule has 1 atom stereocenters. The monoisotopic (exact) mass is 241 g/mol. The highest BCUT2D eigenvalue weighted by Crippen LogP contribution is 2.30. The number of hydrogen-bond acceptors (Lipinski definition) is 5. The maximum Gasteiger partial charge on any atom is 0.313 e. The summed E-state index contributed by atoms with van der Waals surface area (Å²) in [5, 5.41) is 28.8. The third-order valence-electron chi connectivity index (χ3n) is 2.28. The first-order valence-corrected chi connectivity index (χ1v) is 5.22. The van der Waals surface area contributed by atoms with Gasteiger partial charge in [0.05, 0.1) is 11.0 Å². The summed E-state index contributed by atoms with van der Waals surface area (Å²) in [6.45, 7) is 1.39. The van der Waals surface area contributed by atoms with Crippen LogP contribution in [0, 0.1) is 17.0 Å². The number of nitro groups is 1. The summed E-state index contributed by atoms with van der Waals surface area (Å²) in [6, 6.07) is 4.75. The van der Waals surface area contributed by atoms with Crippen LogP contribution in [0.3, 0.4) is 0 Å². The van der Waals surface area contributed by atoms with Gasteiger partial charge in [0, 0.05) is 12.2 Å². The van der Waals surface area contributed by atoms with Crippen molar-refractivity contribution in [2.75, 3.05) is 13.2 Å². The average Bonchev–Trinajstić information content (AvgIpc) is 2.26. The molecule has 0 spiro atoms. The van der Waals surface area contributed by atoms with Crippen LogP contribution in [0.15, 0.2) is 18.2 Å². The molecule has 1 aromatic rings. The highest BCUT2D eigenvalue weighted by molar-refractivity contribution is 5.52. The number of aliphatic hydroxyl groups excluding tert-OH is 2. The Bertz CT molecular complexity index is 393. The topological polar surface area (TPSA) is 92.8 Å². The van der Waals surface area contributed by atoms with E-state index in [1.54, 1.807) is 19.1 Å². The molecule has 0 aliphatic heterocycles. The van der Waals surface area contributed by atoms with Crippen molar-refractivity contribution in [3.8, 4) is 5.75 Å². The van der Waals surface area contributed by atoms with E-state index in [0.29, 0.717) is 5.56 Å². The lowest BCUT2D eigenvalue weighted by Crippen LogP contribution is -2.19. The first kappa shape index (κ1) is 13.4. The Morgan fingerprint density at radius 2 is 2.24 bits per heavy atom. The van der Waals surface area contributed by atoms with Gasteiger partial charge in [0.2, 0.25) is 0 Å². The largest absolute Gasteiger partial charge is 0.484 e. The minimum Gasteiger partial charge on any atom is -0.484 e. The second kappa shape index (κ2) is 6.17. The number of para-hydroxylation sites is 1. The van der Waals surface area contributed by atoms with E-state index in [0.717, 1.165) is 0 Å². The molecule has 17 heavy (non-hydrogen) atoms. The summed E-state index contributed by atoms with van der Waals surface area (Å²) in [5.41, 5.74) is 0.410. The molecule has 0 saturated carbocycles. The molecule has 0 fully saturated rings.